The first-order valence-electron chi connectivity index (χ1n) is 12.2. The number of pyridine rings is 3. The molecule has 0 aliphatic carbocycles. The maximum absolute atomic E-state index is 13.1. The molecule has 0 saturated carbocycles. The summed E-state index contributed by atoms with van der Waals surface area (Å²) in [4.78, 5) is 44.0. The minimum absolute atomic E-state index is 0.0974. The number of rotatable bonds is 7. The number of amides is 2. The molecule has 4 aromatic heterocycles. The zero-order chi connectivity index (χ0) is 25.9. The van der Waals surface area contributed by atoms with Crippen molar-refractivity contribution in [3.05, 3.63) is 60.2 Å². The van der Waals surface area contributed by atoms with Crippen LogP contribution in [0.2, 0.25) is 0 Å². The molecule has 1 aliphatic heterocycles. The Kier molecular flexibility index (Phi) is 6.82. The molecule has 10 nitrogen and oxygen atoms in total. The molecule has 4 aromatic rings. The first-order chi connectivity index (χ1) is 17.9. The maximum atomic E-state index is 13.1. The van der Waals surface area contributed by atoms with E-state index < -0.39 is 0 Å². The Hall–Kier alpha value is -4.31. The van der Waals surface area contributed by atoms with Gasteiger partial charge in [-0.3, -0.25) is 19.5 Å². The van der Waals surface area contributed by atoms with E-state index in [-0.39, 0.29) is 11.8 Å². The summed E-state index contributed by atoms with van der Waals surface area (Å²) >= 11 is 0. The molecule has 1 aliphatic rings. The van der Waals surface area contributed by atoms with Gasteiger partial charge in [0.1, 0.15) is 5.65 Å². The van der Waals surface area contributed by atoms with Crippen LogP contribution in [0.15, 0.2) is 48.9 Å². The Bertz CT molecular complexity index is 1470. The van der Waals surface area contributed by atoms with Gasteiger partial charge in [0.15, 0.2) is 0 Å². The third-order valence-corrected chi connectivity index (χ3v) is 6.64. The first kappa shape index (κ1) is 24.4. The van der Waals surface area contributed by atoms with Crippen LogP contribution in [0, 0.1) is 6.92 Å². The number of anilines is 2. The molecule has 0 unspecified atom stereocenters. The van der Waals surface area contributed by atoms with Crippen molar-refractivity contribution in [2.24, 2.45) is 0 Å². The molecule has 0 spiro atoms. The predicted molar refractivity (Wildman–Crippen MR) is 142 cm³/mol. The lowest BCUT2D eigenvalue weighted by Crippen LogP contribution is -2.35. The van der Waals surface area contributed by atoms with E-state index >= 15 is 0 Å². The number of H-pyrrole nitrogens is 1. The van der Waals surface area contributed by atoms with Crippen LogP contribution in [-0.2, 0) is 4.79 Å². The molecule has 37 heavy (non-hydrogen) atoms. The highest BCUT2D eigenvalue weighted by Crippen LogP contribution is 2.29. The minimum atomic E-state index is -0.324. The molecule has 10 heteroatoms. The summed E-state index contributed by atoms with van der Waals surface area (Å²) in [7, 11) is 1.57. The Balaban J connectivity index is 1.31. The van der Waals surface area contributed by atoms with E-state index in [0.29, 0.717) is 46.7 Å². The summed E-state index contributed by atoms with van der Waals surface area (Å²) in [5.41, 5.74) is 4.33. The van der Waals surface area contributed by atoms with Crippen LogP contribution in [0.4, 0.5) is 11.4 Å². The lowest BCUT2D eigenvalue weighted by Gasteiger charge is -2.20. The second-order valence-electron chi connectivity index (χ2n) is 9.23. The standard InChI is InChI=1S/C27H29N7O3/c1-16-6-5-9-34(16)15-24(35)31-20-12-22(17(2)29-14-20)33-26(36)19-10-18-11-23(32-25(18)30-13-19)21-7-4-8-28-27(21)37-3/h4,7-8,10-14,16H,5-6,9,15H2,1-3H3,(H,30,32)(H,31,35)(H,33,36)/t16-/m0/s1. The average Bonchev–Trinajstić information content (AvgIpc) is 3.51. The molecule has 0 aromatic carbocycles. The third-order valence-electron chi connectivity index (χ3n) is 6.64. The van der Waals surface area contributed by atoms with Crippen molar-refractivity contribution in [1.82, 2.24) is 24.8 Å². The van der Waals surface area contributed by atoms with Crippen LogP contribution in [-0.4, -0.2) is 62.9 Å². The summed E-state index contributed by atoms with van der Waals surface area (Å²) < 4.78 is 5.36. The van der Waals surface area contributed by atoms with Gasteiger partial charge in [0.2, 0.25) is 11.8 Å². The molecule has 190 valence electrons. The van der Waals surface area contributed by atoms with Crippen LogP contribution in [0.3, 0.4) is 0 Å². The van der Waals surface area contributed by atoms with Crippen molar-refractivity contribution in [3.63, 3.8) is 0 Å². The van der Waals surface area contributed by atoms with Gasteiger partial charge < -0.3 is 20.4 Å². The average molecular weight is 500 g/mol. The molecule has 0 radical (unpaired) electrons. The van der Waals surface area contributed by atoms with Crippen molar-refractivity contribution in [1.29, 1.82) is 0 Å². The van der Waals surface area contributed by atoms with Crippen LogP contribution >= 0.6 is 0 Å². The molecule has 1 saturated heterocycles. The van der Waals surface area contributed by atoms with E-state index in [1.807, 2.05) is 18.2 Å². The van der Waals surface area contributed by atoms with Gasteiger partial charge >= 0.3 is 0 Å². The van der Waals surface area contributed by atoms with Gasteiger partial charge in [0.25, 0.3) is 5.91 Å². The highest BCUT2D eigenvalue weighted by molar-refractivity contribution is 6.06. The Morgan fingerprint density at radius 1 is 1.16 bits per heavy atom. The number of aromatic nitrogens is 4. The number of hydrogen-bond acceptors (Lipinski definition) is 7. The molecule has 1 atom stereocenters. The highest BCUT2D eigenvalue weighted by atomic mass is 16.5. The smallest absolute Gasteiger partial charge is 0.257 e. The van der Waals surface area contributed by atoms with Gasteiger partial charge in [-0.25, -0.2) is 9.97 Å². The number of nitrogens with zero attached hydrogens (tertiary/aromatic N) is 4. The molecule has 5 rings (SSSR count). The number of carbonyl (C=O) groups is 2. The highest BCUT2D eigenvalue weighted by Gasteiger charge is 2.22. The molecular formula is C27H29N7O3. The molecule has 0 bridgehead atoms. The van der Waals surface area contributed by atoms with Crippen LogP contribution in [0.5, 0.6) is 5.88 Å². The SMILES string of the molecule is COc1ncccc1-c1cc2cc(C(=O)Nc3cc(NC(=O)CN4CCC[C@@H]4C)cnc3C)cnc2[nH]1. The number of methoxy groups -OCH3 is 1. The topological polar surface area (TPSA) is 125 Å². The fraction of sp³-hybridized carbons (Fsp3) is 0.296. The predicted octanol–water partition coefficient (Wildman–Crippen LogP) is 4.01. The van der Waals surface area contributed by atoms with Crippen molar-refractivity contribution in [2.75, 3.05) is 30.8 Å². The van der Waals surface area contributed by atoms with E-state index in [1.54, 1.807) is 38.6 Å². The minimum Gasteiger partial charge on any atom is -0.481 e. The number of carbonyl (C=O) groups excluding carboxylic acids is 2. The summed E-state index contributed by atoms with van der Waals surface area (Å²) in [6.45, 7) is 5.21. The summed E-state index contributed by atoms with van der Waals surface area (Å²) in [6.07, 6.45) is 7.00. The largest absolute Gasteiger partial charge is 0.481 e. The van der Waals surface area contributed by atoms with Gasteiger partial charge in [-0.05, 0) is 63.6 Å². The van der Waals surface area contributed by atoms with Crippen LogP contribution < -0.4 is 15.4 Å². The Morgan fingerprint density at radius 3 is 2.81 bits per heavy atom. The number of likely N-dealkylation sites (tertiary alicyclic amines) is 1. The van der Waals surface area contributed by atoms with E-state index in [2.05, 4.69) is 42.4 Å². The molecular weight excluding hydrogens is 470 g/mol. The zero-order valence-corrected chi connectivity index (χ0v) is 21.0. The summed E-state index contributed by atoms with van der Waals surface area (Å²) in [6, 6.07) is 9.54. The number of aryl methyl sites for hydroxylation is 1. The fourth-order valence-corrected chi connectivity index (χ4v) is 4.58. The van der Waals surface area contributed by atoms with Crippen molar-refractivity contribution in [3.8, 4) is 17.1 Å². The second-order valence-corrected chi connectivity index (χ2v) is 9.23. The number of fused-ring (bicyclic) bond motifs is 1. The Labute approximate surface area is 214 Å². The maximum Gasteiger partial charge on any atom is 0.257 e. The van der Waals surface area contributed by atoms with Gasteiger partial charge in [0.05, 0.1) is 53.7 Å². The summed E-state index contributed by atoms with van der Waals surface area (Å²) in [5, 5.41) is 6.57. The number of hydrogen-bond donors (Lipinski definition) is 3. The van der Waals surface area contributed by atoms with E-state index in [0.717, 1.165) is 36.0 Å². The van der Waals surface area contributed by atoms with Gasteiger partial charge in [-0.1, -0.05) is 0 Å². The lowest BCUT2D eigenvalue weighted by atomic mass is 10.1. The first-order valence-corrected chi connectivity index (χ1v) is 12.2. The van der Waals surface area contributed by atoms with E-state index in [1.165, 1.54) is 6.20 Å². The van der Waals surface area contributed by atoms with Crippen molar-refractivity contribution < 1.29 is 14.3 Å². The van der Waals surface area contributed by atoms with Crippen molar-refractivity contribution >= 4 is 34.2 Å². The molecule has 3 N–H and O–H groups in total. The van der Waals surface area contributed by atoms with E-state index in [4.69, 9.17) is 4.74 Å². The number of nitrogens with one attached hydrogen (secondary N) is 3. The van der Waals surface area contributed by atoms with Crippen LogP contribution in [0.25, 0.3) is 22.3 Å². The monoisotopic (exact) mass is 499 g/mol. The number of ether oxygens (including phenoxy) is 1. The zero-order valence-electron chi connectivity index (χ0n) is 21.0. The summed E-state index contributed by atoms with van der Waals surface area (Å²) in [5.74, 6) is 0.0760. The third kappa shape index (κ3) is 5.29. The molecule has 5 heterocycles. The van der Waals surface area contributed by atoms with Gasteiger partial charge in [-0.15, -0.1) is 0 Å². The molecule has 2 amide bonds. The second kappa shape index (κ2) is 10.4. The van der Waals surface area contributed by atoms with Crippen LogP contribution in [0.1, 0.15) is 35.8 Å². The number of aromatic amines is 1. The fourth-order valence-electron chi connectivity index (χ4n) is 4.58. The Morgan fingerprint density at radius 2 is 2.03 bits per heavy atom. The molecule has 1 fully saturated rings. The lowest BCUT2D eigenvalue weighted by molar-refractivity contribution is -0.117. The van der Waals surface area contributed by atoms with E-state index in [9.17, 15) is 9.59 Å². The van der Waals surface area contributed by atoms with Crippen molar-refractivity contribution in [2.45, 2.75) is 32.7 Å². The van der Waals surface area contributed by atoms with Gasteiger partial charge in [-0.2, -0.15) is 0 Å². The quantitative estimate of drug-likeness (QED) is 0.351. The van der Waals surface area contributed by atoms with Gasteiger partial charge in [0, 0.05) is 23.8 Å². The normalized spacial score (nSPS) is 15.6.